The number of aromatic nitrogens is 2. The molecule has 0 atom stereocenters. The summed E-state index contributed by atoms with van der Waals surface area (Å²) in [5.41, 5.74) is 3.54. The van der Waals surface area contributed by atoms with E-state index in [1.54, 1.807) is 23.5 Å². The van der Waals surface area contributed by atoms with Crippen LogP contribution in [0, 0.1) is 0 Å². The minimum atomic E-state index is -0.407. The second-order valence-electron chi connectivity index (χ2n) is 12.8. The van der Waals surface area contributed by atoms with E-state index < -0.39 is 11.5 Å². The minimum Gasteiger partial charge on any atom is -0.871 e. The van der Waals surface area contributed by atoms with E-state index in [2.05, 4.69) is 35.4 Å². The van der Waals surface area contributed by atoms with Gasteiger partial charge in [0.05, 0.1) is 21.9 Å². The molecule has 0 saturated heterocycles. The number of carbonyl (C=O) groups is 2. The third-order valence-corrected chi connectivity index (χ3v) is 13.1. The molecule has 0 spiro atoms. The lowest BCUT2D eigenvalue weighted by Gasteiger charge is -2.36. The van der Waals surface area contributed by atoms with Crippen molar-refractivity contribution in [1.82, 2.24) is 0 Å². The summed E-state index contributed by atoms with van der Waals surface area (Å²) in [6.45, 7) is 5.66. The number of thiazole rings is 2. The number of nitrogens with zero attached hydrogens (tertiary/aromatic N) is 3. The highest BCUT2D eigenvalue weighted by molar-refractivity contribution is 8.03. The Bertz CT molecular complexity index is 2460. The van der Waals surface area contributed by atoms with Crippen LogP contribution in [-0.4, -0.2) is 23.2 Å². The second-order valence-corrected chi connectivity index (χ2v) is 16.0. The van der Waals surface area contributed by atoms with Crippen LogP contribution in [0.2, 0.25) is 0 Å². The van der Waals surface area contributed by atoms with Crippen LogP contribution in [0.1, 0.15) is 49.5 Å². The number of ketones is 2. The van der Waals surface area contributed by atoms with Crippen LogP contribution in [0.15, 0.2) is 122 Å². The zero-order chi connectivity index (χ0) is 35.4. The number of aryl methyl sites for hydroxylation is 2. The van der Waals surface area contributed by atoms with Crippen molar-refractivity contribution < 1.29 is 28.9 Å². The molecule has 0 saturated carbocycles. The molecule has 0 amide bonds. The van der Waals surface area contributed by atoms with Gasteiger partial charge in [0.25, 0.3) is 10.0 Å². The summed E-state index contributed by atoms with van der Waals surface area (Å²) in [5, 5.41) is 28.2. The number of rotatable bonds is 10. The number of hydrogen-bond donors (Lipinski definition) is 1. The van der Waals surface area contributed by atoms with Gasteiger partial charge in [0.1, 0.15) is 22.2 Å². The monoisotopic (exact) mass is 730 g/mol. The summed E-state index contributed by atoms with van der Waals surface area (Å²) >= 11 is 4.52. The number of carbonyl (C=O) groups excluding carboxylic acids is 2. The molecule has 1 aliphatic heterocycles. The maximum atomic E-state index is 14.3. The predicted octanol–water partition coefficient (Wildman–Crippen LogP) is 7.71. The van der Waals surface area contributed by atoms with Crippen LogP contribution < -0.4 is 19.1 Å². The number of thioether (sulfide) groups is 1. The standard InChI is InChI=1S/C41H35N3O4S3/c1-4-6-20-43-27-15-9-12-18-30(27)50-33(43)23-25-39(47)36(40(25)48)34(41-44(21-7-5-2)28-16-10-13-19-31(28)51-41)35-37(45)24(38(35)46)22-32-42(3)26-14-8-11-17-29(26)49-32/h8-19,22-23H,4-7,20-21H2,1-3H3/p+1. The highest BCUT2D eigenvalue weighted by Gasteiger charge is 2.45. The zero-order valence-corrected chi connectivity index (χ0v) is 31.0. The number of allylic oxidation sites excluding steroid dienone is 5. The van der Waals surface area contributed by atoms with Crippen LogP contribution in [0.3, 0.4) is 0 Å². The van der Waals surface area contributed by atoms with Gasteiger partial charge in [-0.25, -0.2) is 0 Å². The first kappa shape index (κ1) is 33.4. The van der Waals surface area contributed by atoms with Crippen molar-refractivity contribution in [2.45, 2.75) is 51.0 Å². The molecule has 51 heavy (non-hydrogen) atoms. The molecule has 0 unspecified atom stereocenters. The summed E-state index contributed by atoms with van der Waals surface area (Å²) in [5.74, 6) is -1.39. The highest BCUT2D eigenvalue weighted by atomic mass is 32.2. The van der Waals surface area contributed by atoms with Gasteiger partial charge in [-0.05, 0) is 30.7 Å². The number of fused-ring (bicyclic) bond motifs is 3. The molecule has 8 rings (SSSR count). The molecule has 5 aromatic rings. The Morgan fingerprint density at radius 1 is 0.804 bits per heavy atom. The molecule has 0 radical (unpaired) electrons. The summed E-state index contributed by atoms with van der Waals surface area (Å²) in [7, 11) is 1.93. The summed E-state index contributed by atoms with van der Waals surface area (Å²) in [4.78, 5) is 31.5. The maximum absolute atomic E-state index is 14.3. The molecular weight excluding hydrogens is 695 g/mol. The van der Waals surface area contributed by atoms with Crippen molar-refractivity contribution >= 4 is 84.3 Å². The molecule has 10 heteroatoms. The van der Waals surface area contributed by atoms with Gasteiger partial charge in [-0.2, -0.15) is 9.13 Å². The fourth-order valence-electron chi connectivity index (χ4n) is 6.86. The third kappa shape index (κ3) is 5.48. The van der Waals surface area contributed by atoms with Gasteiger partial charge in [0, 0.05) is 58.9 Å². The SMILES string of the molecule is CCCCN1C(=C(C2=C([O-])C(=Cc3sc4ccccc4[n+]3CCCC)C2=O)C2=C(O)C(=Cc3sc4ccccc4[n+]3C)C2=O)Sc2ccccc21. The van der Waals surface area contributed by atoms with Crippen molar-refractivity contribution in [2.24, 2.45) is 7.05 Å². The predicted molar refractivity (Wildman–Crippen MR) is 204 cm³/mol. The number of hydrogen-bond acceptors (Lipinski definition) is 8. The molecule has 1 N–H and O–H groups in total. The van der Waals surface area contributed by atoms with E-state index in [0.717, 1.165) is 73.3 Å². The first-order valence-corrected chi connectivity index (χ1v) is 19.7. The van der Waals surface area contributed by atoms with Gasteiger partial charge in [0.2, 0.25) is 16.8 Å². The van der Waals surface area contributed by atoms with Crippen molar-refractivity contribution in [1.29, 1.82) is 0 Å². The number of benzene rings is 3. The normalized spacial score (nSPS) is 18.5. The Balaban J connectivity index is 1.29. The first-order chi connectivity index (χ1) is 24.8. The fourth-order valence-corrected chi connectivity index (χ4v) is 10.3. The molecule has 2 aromatic heterocycles. The molecule has 3 aromatic carbocycles. The van der Waals surface area contributed by atoms with Crippen LogP contribution in [0.25, 0.3) is 32.6 Å². The van der Waals surface area contributed by atoms with Crippen LogP contribution in [-0.2, 0) is 23.2 Å². The smallest absolute Gasteiger partial charge is 0.263 e. The maximum Gasteiger partial charge on any atom is 0.263 e. The Morgan fingerprint density at radius 3 is 2.14 bits per heavy atom. The number of para-hydroxylation sites is 3. The lowest BCUT2D eigenvalue weighted by atomic mass is 9.74. The second kappa shape index (κ2) is 13.4. The molecule has 3 heterocycles. The molecule has 0 bridgehead atoms. The quantitative estimate of drug-likeness (QED) is 0.117. The van der Waals surface area contributed by atoms with Crippen molar-refractivity contribution in [3.05, 3.63) is 127 Å². The van der Waals surface area contributed by atoms with E-state index in [-0.39, 0.29) is 39.4 Å². The molecule has 2 aliphatic carbocycles. The molecule has 0 fully saturated rings. The van der Waals surface area contributed by atoms with Crippen LogP contribution in [0.5, 0.6) is 0 Å². The number of aliphatic hydroxyl groups excluding tert-OH is 1. The molecular formula is C41H36N3O4S3+. The van der Waals surface area contributed by atoms with Gasteiger partial charge in [-0.1, -0.05) is 103 Å². The van der Waals surface area contributed by atoms with E-state index in [1.165, 1.54) is 23.1 Å². The third-order valence-electron chi connectivity index (χ3n) is 9.64. The number of Topliss-reactive ketones (excluding diaryl/α,β-unsaturated/α-hetero) is 2. The Hall–Kier alpha value is -4.77. The Labute approximate surface area is 308 Å². The minimum absolute atomic E-state index is 0.0254. The van der Waals surface area contributed by atoms with E-state index >= 15 is 0 Å². The van der Waals surface area contributed by atoms with Gasteiger partial charge >= 0.3 is 0 Å². The van der Waals surface area contributed by atoms with Crippen molar-refractivity contribution in [3.8, 4) is 0 Å². The summed E-state index contributed by atoms with van der Waals surface area (Å²) in [6, 6.07) is 24.0. The van der Waals surface area contributed by atoms with Gasteiger partial charge in [-0.15, -0.1) is 0 Å². The van der Waals surface area contributed by atoms with E-state index in [1.807, 2.05) is 72.3 Å². The number of unbranched alkanes of at least 4 members (excludes halogenated alkanes) is 2. The summed E-state index contributed by atoms with van der Waals surface area (Å²) in [6.07, 6.45) is 7.20. The largest absolute Gasteiger partial charge is 0.871 e. The molecule has 256 valence electrons. The van der Waals surface area contributed by atoms with Gasteiger partial charge < -0.3 is 15.1 Å². The topological polar surface area (TPSA) is 88.4 Å². The van der Waals surface area contributed by atoms with Crippen LogP contribution >= 0.6 is 34.4 Å². The highest BCUT2D eigenvalue weighted by Crippen LogP contribution is 2.53. The van der Waals surface area contributed by atoms with Gasteiger partial charge in [-0.3, -0.25) is 9.59 Å². The lowest BCUT2D eigenvalue weighted by molar-refractivity contribution is -0.669. The van der Waals surface area contributed by atoms with Crippen molar-refractivity contribution in [3.63, 3.8) is 0 Å². The van der Waals surface area contributed by atoms with E-state index in [4.69, 9.17) is 0 Å². The number of anilines is 1. The number of aliphatic hydroxyl groups is 1. The average molecular weight is 731 g/mol. The fraction of sp³-hybridized carbons (Fsp3) is 0.220. The molecule has 7 nitrogen and oxygen atoms in total. The van der Waals surface area contributed by atoms with E-state index in [9.17, 15) is 19.8 Å². The Kier molecular flexibility index (Phi) is 8.78. The Morgan fingerprint density at radius 2 is 1.43 bits per heavy atom. The van der Waals surface area contributed by atoms with Crippen LogP contribution in [0.4, 0.5) is 5.69 Å². The van der Waals surface area contributed by atoms with Gasteiger partial charge in [0.15, 0.2) is 12.3 Å². The lowest BCUT2D eigenvalue weighted by Crippen LogP contribution is -2.38. The average Bonchev–Trinajstić information content (AvgIpc) is 3.81. The summed E-state index contributed by atoms with van der Waals surface area (Å²) < 4.78 is 6.32. The van der Waals surface area contributed by atoms with Crippen molar-refractivity contribution in [2.75, 3.05) is 11.4 Å². The zero-order valence-electron chi connectivity index (χ0n) is 28.6. The first-order valence-electron chi connectivity index (χ1n) is 17.3. The van der Waals surface area contributed by atoms with E-state index in [0.29, 0.717) is 11.6 Å². The molecule has 3 aliphatic rings.